The maximum absolute atomic E-state index is 12.8. The fourth-order valence-electron chi connectivity index (χ4n) is 3.05. The molecule has 6 heteroatoms. The first-order valence-electron chi connectivity index (χ1n) is 7.51. The molecule has 0 radical (unpaired) electrons. The molecule has 2 heterocycles. The maximum Gasteiger partial charge on any atom is 0.410 e. The van der Waals surface area contributed by atoms with Gasteiger partial charge >= 0.3 is 6.09 Å². The quantitative estimate of drug-likeness (QED) is 0.837. The number of cyclic esters (lactones) is 1. The molecular formula is C16H21N3O3. The summed E-state index contributed by atoms with van der Waals surface area (Å²) in [4.78, 5) is 30.0. The van der Waals surface area contributed by atoms with Crippen molar-refractivity contribution in [2.24, 2.45) is 0 Å². The number of piperazine rings is 1. The summed E-state index contributed by atoms with van der Waals surface area (Å²) in [5.41, 5.74) is 1.77. The summed E-state index contributed by atoms with van der Waals surface area (Å²) >= 11 is 0. The fourth-order valence-corrected chi connectivity index (χ4v) is 3.05. The van der Waals surface area contributed by atoms with Gasteiger partial charge in [0, 0.05) is 31.7 Å². The lowest BCUT2D eigenvalue weighted by Crippen LogP contribution is -2.53. The Hall–Kier alpha value is -2.08. The van der Waals surface area contributed by atoms with Gasteiger partial charge in [-0.1, -0.05) is 18.2 Å². The van der Waals surface area contributed by atoms with Gasteiger partial charge in [0.25, 0.3) is 5.91 Å². The van der Waals surface area contributed by atoms with Gasteiger partial charge in [-0.2, -0.15) is 0 Å². The van der Waals surface area contributed by atoms with Gasteiger partial charge in [0.05, 0.1) is 6.04 Å². The van der Waals surface area contributed by atoms with Crippen molar-refractivity contribution in [2.75, 3.05) is 40.3 Å². The smallest absolute Gasteiger partial charge is 0.410 e. The van der Waals surface area contributed by atoms with Crippen LogP contribution in [0.15, 0.2) is 24.3 Å². The summed E-state index contributed by atoms with van der Waals surface area (Å²) in [5.74, 6) is 0.0384. The zero-order valence-corrected chi connectivity index (χ0v) is 13.0. The Balaban J connectivity index is 1.76. The summed E-state index contributed by atoms with van der Waals surface area (Å²) in [5, 5.41) is 0. The first-order chi connectivity index (χ1) is 10.6. The standard InChI is InChI=1S/C16H21N3O3/c1-17(2)9-12-5-3-4-6-14(12)15(20)18-7-8-19-13(10-18)11-22-16(19)21/h3-6,13H,7-11H2,1-2H3/t13-/m0/s1. The molecule has 2 amide bonds. The highest BCUT2D eigenvalue weighted by molar-refractivity contribution is 5.96. The summed E-state index contributed by atoms with van der Waals surface area (Å²) in [7, 11) is 3.98. The Morgan fingerprint density at radius 3 is 2.86 bits per heavy atom. The van der Waals surface area contributed by atoms with Crippen LogP contribution in [0.2, 0.25) is 0 Å². The van der Waals surface area contributed by atoms with Crippen LogP contribution in [0.25, 0.3) is 0 Å². The van der Waals surface area contributed by atoms with E-state index in [4.69, 9.17) is 4.74 Å². The van der Waals surface area contributed by atoms with Crippen molar-refractivity contribution in [3.63, 3.8) is 0 Å². The van der Waals surface area contributed by atoms with Gasteiger partial charge in [0.15, 0.2) is 0 Å². The molecular weight excluding hydrogens is 282 g/mol. The van der Waals surface area contributed by atoms with Gasteiger partial charge in [-0.15, -0.1) is 0 Å². The molecule has 1 aromatic carbocycles. The minimum atomic E-state index is -0.259. The number of hydrogen-bond donors (Lipinski definition) is 0. The van der Waals surface area contributed by atoms with Crippen LogP contribution in [0.5, 0.6) is 0 Å². The summed E-state index contributed by atoms with van der Waals surface area (Å²) in [6.45, 7) is 2.75. The highest BCUT2D eigenvalue weighted by atomic mass is 16.6. The highest BCUT2D eigenvalue weighted by Gasteiger charge is 2.39. The average molecular weight is 303 g/mol. The summed E-state index contributed by atoms with van der Waals surface area (Å²) in [6.07, 6.45) is -0.259. The molecule has 118 valence electrons. The van der Waals surface area contributed by atoms with Crippen molar-refractivity contribution in [3.8, 4) is 0 Å². The molecule has 2 saturated heterocycles. The van der Waals surface area contributed by atoms with E-state index in [-0.39, 0.29) is 18.0 Å². The molecule has 3 rings (SSSR count). The molecule has 0 N–H and O–H groups in total. The molecule has 2 aliphatic heterocycles. The fraction of sp³-hybridized carbons (Fsp3) is 0.500. The number of benzene rings is 1. The van der Waals surface area contributed by atoms with Crippen LogP contribution in [0.4, 0.5) is 4.79 Å². The molecule has 1 atom stereocenters. The Morgan fingerprint density at radius 1 is 1.32 bits per heavy atom. The first kappa shape index (κ1) is 14.8. The molecule has 22 heavy (non-hydrogen) atoms. The molecule has 2 aliphatic rings. The van der Waals surface area contributed by atoms with Crippen molar-refractivity contribution in [1.82, 2.24) is 14.7 Å². The number of rotatable bonds is 3. The van der Waals surface area contributed by atoms with Gasteiger partial charge in [0.1, 0.15) is 6.61 Å². The second-order valence-electron chi connectivity index (χ2n) is 6.07. The van der Waals surface area contributed by atoms with Gasteiger partial charge in [-0.05, 0) is 25.7 Å². The van der Waals surface area contributed by atoms with Gasteiger partial charge < -0.3 is 14.5 Å². The molecule has 1 aromatic rings. The number of nitrogens with zero attached hydrogens (tertiary/aromatic N) is 3. The molecule has 0 saturated carbocycles. The van der Waals surface area contributed by atoms with E-state index in [1.807, 2.05) is 48.2 Å². The Kier molecular flexibility index (Phi) is 4.02. The van der Waals surface area contributed by atoms with Gasteiger partial charge in [0.2, 0.25) is 0 Å². The lowest BCUT2D eigenvalue weighted by atomic mass is 10.0. The molecule has 0 spiro atoms. The molecule has 6 nitrogen and oxygen atoms in total. The molecule has 2 fully saturated rings. The van der Waals surface area contributed by atoms with Gasteiger partial charge in [-0.3, -0.25) is 9.69 Å². The molecule has 0 unspecified atom stereocenters. The van der Waals surface area contributed by atoms with Crippen molar-refractivity contribution >= 4 is 12.0 Å². The van der Waals surface area contributed by atoms with Gasteiger partial charge in [-0.25, -0.2) is 4.79 Å². The predicted octanol–water partition coefficient (Wildman–Crippen LogP) is 1.02. The van der Waals surface area contributed by atoms with E-state index >= 15 is 0 Å². The van der Waals surface area contributed by atoms with E-state index in [2.05, 4.69) is 0 Å². The number of ether oxygens (including phenoxy) is 1. The summed E-state index contributed by atoms with van der Waals surface area (Å²) < 4.78 is 5.05. The molecule has 0 bridgehead atoms. The lowest BCUT2D eigenvalue weighted by molar-refractivity contribution is 0.0615. The lowest BCUT2D eigenvalue weighted by Gasteiger charge is -2.35. The second kappa shape index (κ2) is 5.96. The van der Waals surface area contributed by atoms with E-state index in [9.17, 15) is 9.59 Å². The molecule has 0 aliphatic carbocycles. The van der Waals surface area contributed by atoms with E-state index < -0.39 is 0 Å². The number of hydrogen-bond acceptors (Lipinski definition) is 4. The van der Waals surface area contributed by atoms with Crippen LogP contribution in [0.3, 0.4) is 0 Å². The number of fused-ring (bicyclic) bond motifs is 1. The van der Waals surface area contributed by atoms with E-state index in [0.717, 1.165) is 17.7 Å². The minimum Gasteiger partial charge on any atom is -0.447 e. The van der Waals surface area contributed by atoms with Crippen molar-refractivity contribution in [1.29, 1.82) is 0 Å². The average Bonchev–Trinajstić information content (AvgIpc) is 2.87. The maximum atomic E-state index is 12.8. The summed E-state index contributed by atoms with van der Waals surface area (Å²) in [6, 6.07) is 7.71. The van der Waals surface area contributed by atoms with Crippen molar-refractivity contribution < 1.29 is 14.3 Å². The van der Waals surface area contributed by atoms with E-state index in [1.165, 1.54) is 0 Å². The zero-order valence-electron chi connectivity index (χ0n) is 13.0. The number of carbonyl (C=O) groups excluding carboxylic acids is 2. The van der Waals surface area contributed by atoms with Crippen LogP contribution in [0, 0.1) is 0 Å². The Morgan fingerprint density at radius 2 is 2.09 bits per heavy atom. The minimum absolute atomic E-state index is 0.00814. The number of carbonyl (C=O) groups is 2. The predicted molar refractivity (Wildman–Crippen MR) is 81.6 cm³/mol. The zero-order chi connectivity index (χ0) is 15.7. The number of amides is 2. The monoisotopic (exact) mass is 303 g/mol. The normalized spacial score (nSPS) is 21.0. The SMILES string of the molecule is CN(C)Cc1ccccc1C(=O)N1CCN2C(=O)OC[C@@H]2C1. The van der Waals surface area contributed by atoms with Crippen LogP contribution in [0.1, 0.15) is 15.9 Å². The van der Waals surface area contributed by atoms with Crippen molar-refractivity contribution in [3.05, 3.63) is 35.4 Å². The van der Waals surface area contributed by atoms with Crippen LogP contribution < -0.4 is 0 Å². The van der Waals surface area contributed by atoms with E-state index in [0.29, 0.717) is 26.2 Å². The molecule has 0 aromatic heterocycles. The second-order valence-corrected chi connectivity index (χ2v) is 6.07. The van der Waals surface area contributed by atoms with Crippen LogP contribution >= 0.6 is 0 Å². The third-order valence-corrected chi connectivity index (χ3v) is 4.14. The van der Waals surface area contributed by atoms with Crippen molar-refractivity contribution in [2.45, 2.75) is 12.6 Å². The highest BCUT2D eigenvalue weighted by Crippen LogP contribution is 2.21. The Bertz CT molecular complexity index is 588. The third-order valence-electron chi connectivity index (χ3n) is 4.14. The first-order valence-corrected chi connectivity index (χ1v) is 7.51. The largest absolute Gasteiger partial charge is 0.447 e. The van der Waals surface area contributed by atoms with Crippen LogP contribution in [-0.2, 0) is 11.3 Å². The third kappa shape index (κ3) is 2.78. The van der Waals surface area contributed by atoms with Crippen LogP contribution in [-0.4, -0.2) is 73.1 Å². The topological polar surface area (TPSA) is 53.1 Å². The Labute approximate surface area is 130 Å². The van der Waals surface area contributed by atoms with E-state index in [1.54, 1.807) is 4.90 Å².